The Balaban J connectivity index is 1.91. The molecule has 8 heteroatoms. The van der Waals surface area contributed by atoms with Crippen molar-refractivity contribution < 1.29 is 19.4 Å². The molecule has 0 saturated carbocycles. The Morgan fingerprint density at radius 2 is 1.96 bits per heavy atom. The van der Waals surface area contributed by atoms with Gasteiger partial charge in [0.2, 0.25) is 0 Å². The summed E-state index contributed by atoms with van der Waals surface area (Å²) in [4.78, 5) is 37.3. The number of aromatic nitrogens is 2. The molecule has 0 aliphatic carbocycles. The summed E-state index contributed by atoms with van der Waals surface area (Å²) in [6.45, 7) is 0.777. The van der Waals surface area contributed by atoms with E-state index >= 15 is 0 Å². The fourth-order valence-electron chi connectivity index (χ4n) is 2.72. The third kappa shape index (κ3) is 3.74. The number of hydrogen-bond acceptors (Lipinski definition) is 5. The van der Waals surface area contributed by atoms with Crippen molar-refractivity contribution in [1.82, 2.24) is 14.7 Å². The maximum absolute atomic E-state index is 12.8. The first-order valence-electron chi connectivity index (χ1n) is 7.82. The van der Waals surface area contributed by atoms with E-state index in [4.69, 9.17) is 9.84 Å². The monoisotopic (exact) mass is 343 g/mol. The number of carbonyl (C=O) groups is 2. The Morgan fingerprint density at radius 1 is 1.20 bits per heavy atom. The van der Waals surface area contributed by atoms with Crippen LogP contribution in [0.4, 0.5) is 0 Å². The maximum Gasteiger partial charge on any atom is 0.305 e. The SMILES string of the molecule is O=C(O)CC1COCCN1C(=O)c1ccc(=O)n(-c2ccccc2)n1. The molecule has 1 aromatic carbocycles. The number of carbonyl (C=O) groups excluding carboxylic acids is 1. The van der Waals surface area contributed by atoms with Crippen molar-refractivity contribution in [3.05, 3.63) is 58.5 Å². The fourth-order valence-corrected chi connectivity index (χ4v) is 2.72. The van der Waals surface area contributed by atoms with Crippen LogP contribution >= 0.6 is 0 Å². The predicted molar refractivity (Wildman–Crippen MR) is 87.7 cm³/mol. The van der Waals surface area contributed by atoms with Crippen molar-refractivity contribution in [1.29, 1.82) is 0 Å². The lowest BCUT2D eigenvalue weighted by molar-refractivity contribution is -0.139. The van der Waals surface area contributed by atoms with E-state index in [2.05, 4.69) is 5.10 Å². The number of benzene rings is 1. The number of carboxylic acid groups (broad SMARTS) is 1. The highest BCUT2D eigenvalue weighted by Crippen LogP contribution is 2.14. The van der Waals surface area contributed by atoms with Gasteiger partial charge in [-0.1, -0.05) is 18.2 Å². The number of aliphatic carboxylic acids is 1. The summed E-state index contributed by atoms with van der Waals surface area (Å²) in [7, 11) is 0. The van der Waals surface area contributed by atoms with Gasteiger partial charge >= 0.3 is 5.97 Å². The molecule has 1 aliphatic heterocycles. The van der Waals surface area contributed by atoms with Gasteiger partial charge in [0, 0.05) is 12.6 Å². The zero-order valence-electron chi connectivity index (χ0n) is 13.4. The summed E-state index contributed by atoms with van der Waals surface area (Å²) < 4.78 is 6.43. The van der Waals surface area contributed by atoms with Crippen LogP contribution in [0.25, 0.3) is 5.69 Å². The zero-order valence-corrected chi connectivity index (χ0v) is 13.4. The first kappa shape index (κ1) is 16.8. The summed E-state index contributed by atoms with van der Waals surface area (Å²) >= 11 is 0. The molecule has 1 unspecified atom stereocenters. The molecule has 2 heterocycles. The average Bonchev–Trinajstić information content (AvgIpc) is 2.62. The van der Waals surface area contributed by atoms with Crippen molar-refractivity contribution in [2.24, 2.45) is 0 Å². The van der Waals surface area contributed by atoms with E-state index < -0.39 is 17.9 Å². The van der Waals surface area contributed by atoms with E-state index in [0.29, 0.717) is 12.3 Å². The second-order valence-corrected chi connectivity index (χ2v) is 5.63. The van der Waals surface area contributed by atoms with Crippen LogP contribution in [-0.2, 0) is 9.53 Å². The molecular weight excluding hydrogens is 326 g/mol. The predicted octanol–water partition coefficient (Wildman–Crippen LogP) is 0.548. The highest BCUT2D eigenvalue weighted by molar-refractivity contribution is 5.92. The summed E-state index contributed by atoms with van der Waals surface area (Å²) in [5, 5.41) is 13.2. The largest absolute Gasteiger partial charge is 0.481 e. The Bertz CT molecular complexity index is 834. The lowest BCUT2D eigenvalue weighted by Crippen LogP contribution is -2.50. The van der Waals surface area contributed by atoms with Crippen LogP contribution in [0.3, 0.4) is 0 Å². The number of rotatable bonds is 4. The summed E-state index contributed by atoms with van der Waals surface area (Å²) in [6, 6.07) is 10.9. The van der Waals surface area contributed by atoms with Crippen LogP contribution in [0.2, 0.25) is 0 Å². The Morgan fingerprint density at radius 3 is 2.68 bits per heavy atom. The second-order valence-electron chi connectivity index (χ2n) is 5.63. The van der Waals surface area contributed by atoms with E-state index in [-0.39, 0.29) is 30.8 Å². The van der Waals surface area contributed by atoms with E-state index in [1.807, 2.05) is 6.07 Å². The number of nitrogens with zero attached hydrogens (tertiary/aromatic N) is 3. The molecule has 1 atom stereocenters. The minimum atomic E-state index is -1.00. The second kappa shape index (κ2) is 7.27. The number of para-hydroxylation sites is 1. The van der Waals surface area contributed by atoms with Gasteiger partial charge in [-0.05, 0) is 18.2 Å². The molecule has 2 aromatic rings. The molecule has 8 nitrogen and oxygen atoms in total. The first-order valence-corrected chi connectivity index (χ1v) is 7.82. The van der Waals surface area contributed by atoms with Crippen LogP contribution in [0.5, 0.6) is 0 Å². The van der Waals surface area contributed by atoms with Gasteiger partial charge in [-0.3, -0.25) is 14.4 Å². The van der Waals surface area contributed by atoms with E-state index in [0.717, 1.165) is 4.68 Å². The highest BCUT2D eigenvalue weighted by Gasteiger charge is 2.30. The normalized spacial score (nSPS) is 17.3. The number of morpholine rings is 1. The van der Waals surface area contributed by atoms with Gasteiger partial charge in [-0.15, -0.1) is 0 Å². The molecule has 1 saturated heterocycles. The van der Waals surface area contributed by atoms with Crippen molar-refractivity contribution in [3.8, 4) is 5.69 Å². The fraction of sp³-hybridized carbons (Fsp3) is 0.294. The third-order valence-corrected chi connectivity index (χ3v) is 3.92. The van der Waals surface area contributed by atoms with Crippen LogP contribution in [0.15, 0.2) is 47.3 Å². The van der Waals surface area contributed by atoms with Crippen LogP contribution < -0.4 is 5.56 Å². The molecule has 25 heavy (non-hydrogen) atoms. The molecule has 1 fully saturated rings. The Hall–Kier alpha value is -3.00. The van der Waals surface area contributed by atoms with E-state index in [1.165, 1.54) is 17.0 Å². The molecule has 1 amide bonds. The van der Waals surface area contributed by atoms with Gasteiger partial charge in [-0.2, -0.15) is 9.78 Å². The van der Waals surface area contributed by atoms with Crippen molar-refractivity contribution in [2.45, 2.75) is 12.5 Å². The van der Waals surface area contributed by atoms with Gasteiger partial charge in [0.15, 0.2) is 0 Å². The minimum Gasteiger partial charge on any atom is -0.481 e. The van der Waals surface area contributed by atoms with Crippen molar-refractivity contribution in [2.75, 3.05) is 19.8 Å². The lowest BCUT2D eigenvalue weighted by atomic mass is 10.1. The van der Waals surface area contributed by atoms with E-state index in [1.54, 1.807) is 24.3 Å². The number of amides is 1. The van der Waals surface area contributed by atoms with Crippen molar-refractivity contribution in [3.63, 3.8) is 0 Å². The summed E-state index contributed by atoms with van der Waals surface area (Å²) in [5.74, 6) is -1.42. The zero-order chi connectivity index (χ0) is 17.8. The number of carboxylic acids is 1. The molecule has 1 aliphatic rings. The van der Waals surface area contributed by atoms with Gasteiger partial charge < -0.3 is 14.7 Å². The molecule has 0 bridgehead atoms. The third-order valence-electron chi connectivity index (χ3n) is 3.92. The van der Waals surface area contributed by atoms with Crippen molar-refractivity contribution >= 4 is 11.9 Å². The molecule has 0 spiro atoms. The minimum absolute atomic E-state index is 0.0840. The Labute approximate surface area is 143 Å². The topological polar surface area (TPSA) is 102 Å². The van der Waals surface area contributed by atoms with Crippen LogP contribution in [0.1, 0.15) is 16.9 Å². The maximum atomic E-state index is 12.8. The Kier molecular flexibility index (Phi) is 4.90. The molecule has 0 radical (unpaired) electrons. The quantitative estimate of drug-likeness (QED) is 0.870. The molecule has 130 valence electrons. The first-order chi connectivity index (χ1) is 12.1. The van der Waals surface area contributed by atoms with E-state index in [9.17, 15) is 14.4 Å². The lowest BCUT2D eigenvalue weighted by Gasteiger charge is -2.34. The molecule has 1 N–H and O–H groups in total. The summed E-state index contributed by atoms with van der Waals surface area (Å²) in [5.41, 5.74) is 0.277. The summed E-state index contributed by atoms with van der Waals surface area (Å²) in [6.07, 6.45) is -0.204. The van der Waals surface area contributed by atoms with Crippen LogP contribution in [-0.4, -0.2) is 57.5 Å². The number of hydrogen-bond donors (Lipinski definition) is 1. The smallest absolute Gasteiger partial charge is 0.305 e. The standard InChI is InChI=1S/C17H17N3O5/c21-15-7-6-14(18-20(15)12-4-2-1-3-5-12)17(24)19-8-9-25-11-13(19)10-16(22)23/h1-7,13H,8-11H2,(H,22,23). The number of ether oxygens (including phenoxy) is 1. The molecule has 3 rings (SSSR count). The van der Waals surface area contributed by atoms with Gasteiger partial charge in [-0.25, -0.2) is 0 Å². The average molecular weight is 343 g/mol. The van der Waals surface area contributed by atoms with Gasteiger partial charge in [0.05, 0.1) is 31.4 Å². The van der Waals surface area contributed by atoms with Gasteiger partial charge in [0.25, 0.3) is 11.5 Å². The van der Waals surface area contributed by atoms with Gasteiger partial charge in [0.1, 0.15) is 5.69 Å². The highest BCUT2D eigenvalue weighted by atomic mass is 16.5. The molecule has 1 aromatic heterocycles. The van der Waals surface area contributed by atoms with Crippen LogP contribution in [0, 0.1) is 0 Å². The molecular formula is C17H17N3O5.